The lowest BCUT2D eigenvalue weighted by Gasteiger charge is -2.25. The van der Waals surface area contributed by atoms with Crippen molar-refractivity contribution in [3.05, 3.63) is 22.1 Å². The Bertz CT molecular complexity index is 650. The third kappa shape index (κ3) is 2.56. The number of amides is 1. The number of hydrogen-bond donors (Lipinski definition) is 0. The normalized spacial score (nSPS) is 23.5. The molecule has 2 aliphatic heterocycles. The fraction of sp³-hybridized carbons (Fsp3) is 0.667. The number of hydrogen-bond acceptors (Lipinski definition) is 5. The molecule has 4 rings (SSSR count). The first kappa shape index (κ1) is 14.3. The lowest BCUT2D eigenvalue weighted by Crippen LogP contribution is -2.41. The van der Waals surface area contributed by atoms with E-state index in [-0.39, 0.29) is 17.0 Å². The van der Waals surface area contributed by atoms with Gasteiger partial charge in [-0.25, -0.2) is 4.98 Å². The molecule has 1 saturated heterocycles. The topological polar surface area (TPSA) is 64.4 Å². The van der Waals surface area contributed by atoms with Gasteiger partial charge in [0.05, 0.1) is 6.61 Å². The SMILES string of the molecule is O=C(c1cnc2n(c1=O)CCS2)N(C[C@@H]1CCOC1)C1CC1. The van der Waals surface area contributed by atoms with Crippen molar-refractivity contribution in [1.82, 2.24) is 14.5 Å². The molecule has 0 bridgehead atoms. The van der Waals surface area contributed by atoms with E-state index in [0.29, 0.717) is 31.7 Å². The summed E-state index contributed by atoms with van der Waals surface area (Å²) >= 11 is 1.57. The average molecular weight is 321 g/mol. The molecule has 1 aliphatic carbocycles. The Morgan fingerprint density at radius 1 is 1.45 bits per heavy atom. The summed E-state index contributed by atoms with van der Waals surface area (Å²) in [6.45, 7) is 2.83. The first-order valence-corrected chi connectivity index (χ1v) is 8.84. The molecule has 0 radical (unpaired) electrons. The summed E-state index contributed by atoms with van der Waals surface area (Å²) in [6, 6.07) is 0.292. The number of fused-ring (bicyclic) bond motifs is 1. The van der Waals surface area contributed by atoms with Gasteiger partial charge in [0.1, 0.15) is 5.56 Å². The highest BCUT2D eigenvalue weighted by Gasteiger charge is 2.36. The van der Waals surface area contributed by atoms with Gasteiger partial charge >= 0.3 is 0 Å². The zero-order valence-corrected chi connectivity index (χ0v) is 13.2. The highest BCUT2D eigenvalue weighted by molar-refractivity contribution is 7.99. The number of carbonyl (C=O) groups excluding carboxylic acids is 1. The second-order valence-electron chi connectivity index (χ2n) is 6.18. The second kappa shape index (κ2) is 5.70. The largest absolute Gasteiger partial charge is 0.381 e. The van der Waals surface area contributed by atoms with Gasteiger partial charge in [-0.2, -0.15) is 0 Å². The third-order valence-electron chi connectivity index (χ3n) is 4.51. The number of aromatic nitrogens is 2. The zero-order chi connectivity index (χ0) is 15.1. The molecule has 1 amide bonds. The van der Waals surface area contributed by atoms with Crippen molar-refractivity contribution in [3.8, 4) is 0 Å². The van der Waals surface area contributed by atoms with E-state index in [9.17, 15) is 9.59 Å². The maximum Gasteiger partial charge on any atom is 0.267 e. The van der Waals surface area contributed by atoms with Crippen LogP contribution in [0.15, 0.2) is 16.1 Å². The molecule has 118 valence electrons. The summed E-state index contributed by atoms with van der Waals surface area (Å²) in [6.07, 6.45) is 4.54. The van der Waals surface area contributed by atoms with Crippen molar-refractivity contribution >= 4 is 17.7 Å². The van der Waals surface area contributed by atoms with Crippen LogP contribution < -0.4 is 5.56 Å². The maximum absolute atomic E-state index is 12.9. The van der Waals surface area contributed by atoms with Gasteiger partial charge in [0.25, 0.3) is 11.5 Å². The van der Waals surface area contributed by atoms with Gasteiger partial charge in [-0.1, -0.05) is 11.8 Å². The predicted octanol–water partition coefficient (Wildman–Crippen LogP) is 0.990. The summed E-state index contributed by atoms with van der Waals surface area (Å²) in [4.78, 5) is 31.6. The molecule has 7 heteroatoms. The van der Waals surface area contributed by atoms with Crippen molar-refractivity contribution in [2.45, 2.75) is 37.0 Å². The van der Waals surface area contributed by atoms with Crippen LogP contribution in [0.5, 0.6) is 0 Å². The first-order valence-electron chi connectivity index (χ1n) is 7.85. The molecular formula is C15H19N3O3S. The van der Waals surface area contributed by atoms with Gasteiger partial charge < -0.3 is 9.64 Å². The van der Waals surface area contributed by atoms with Crippen LogP contribution in [0.1, 0.15) is 29.6 Å². The highest BCUT2D eigenvalue weighted by Crippen LogP contribution is 2.30. The molecule has 1 saturated carbocycles. The molecule has 1 aromatic heterocycles. The van der Waals surface area contributed by atoms with Gasteiger partial charge in [-0.15, -0.1) is 0 Å². The fourth-order valence-corrected chi connectivity index (χ4v) is 4.02. The van der Waals surface area contributed by atoms with E-state index in [1.807, 2.05) is 4.90 Å². The molecule has 22 heavy (non-hydrogen) atoms. The highest BCUT2D eigenvalue weighted by atomic mass is 32.2. The van der Waals surface area contributed by atoms with Gasteiger partial charge in [0.15, 0.2) is 5.16 Å². The quantitative estimate of drug-likeness (QED) is 0.774. The van der Waals surface area contributed by atoms with Crippen LogP contribution in [0.3, 0.4) is 0 Å². The number of nitrogens with zero attached hydrogens (tertiary/aromatic N) is 3. The molecule has 0 aromatic carbocycles. The standard InChI is InChI=1S/C15H19N3O3S/c19-13-12(7-16-15-17(13)4-6-22-15)14(20)18(11-1-2-11)8-10-3-5-21-9-10/h7,10-11H,1-6,8-9H2/t10-/m0/s1. The predicted molar refractivity (Wildman–Crippen MR) is 82.2 cm³/mol. The fourth-order valence-electron chi connectivity index (χ4n) is 3.11. The third-order valence-corrected chi connectivity index (χ3v) is 5.49. The van der Waals surface area contributed by atoms with Crippen LogP contribution in [0.4, 0.5) is 0 Å². The molecule has 2 fully saturated rings. The monoisotopic (exact) mass is 321 g/mol. The van der Waals surface area contributed by atoms with Crippen LogP contribution in [-0.2, 0) is 11.3 Å². The minimum atomic E-state index is -0.187. The Morgan fingerprint density at radius 3 is 3.05 bits per heavy atom. The van der Waals surface area contributed by atoms with Crippen LogP contribution in [0, 0.1) is 5.92 Å². The maximum atomic E-state index is 12.9. The Labute approximate surface area is 132 Å². The van der Waals surface area contributed by atoms with Crippen LogP contribution in [0.25, 0.3) is 0 Å². The summed E-state index contributed by atoms with van der Waals surface area (Å²) in [5.74, 6) is 1.09. The Kier molecular flexibility index (Phi) is 3.69. The van der Waals surface area contributed by atoms with Gasteiger partial charge in [0, 0.05) is 43.6 Å². The second-order valence-corrected chi connectivity index (χ2v) is 7.24. The average Bonchev–Trinajstić information content (AvgIpc) is 3.02. The Hall–Kier alpha value is -1.34. The summed E-state index contributed by atoms with van der Waals surface area (Å²) in [7, 11) is 0. The van der Waals surface area contributed by atoms with Crippen molar-refractivity contribution in [2.24, 2.45) is 5.92 Å². The molecule has 0 N–H and O–H groups in total. The molecule has 1 aromatic rings. The van der Waals surface area contributed by atoms with E-state index in [1.165, 1.54) is 6.20 Å². The van der Waals surface area contributed by atoms with Crippen molar-refractivity contribution < 1.29 is 9.53 Å². The Morgan fingerprint density at radius 2 is 2.32 bits per heavy atom. The van der Waals surface area contributed by atoms with Crippen molar-refractivity contribution in [3.63, 3.8) is 0 Å². The lowest BCUT2D eigenvalue weighted by molar-refractivity contribution is 0.0703. The number of carbonyl (C=O) groups is 1. The molecule has 3 aliphatic rings. The molecule has 0 spiro atoms. The minimum Gasteiger partial charge on any atom is -0.381 e. The van der Waals surface area contributed by atoms with Crippen LogP contribution in [-0.4, -0.2) is 51.9 Å². The lowest BCUT2D eigenvalue weighted by atomic mass is 10.1. The van der Waals surface area contributed by atoms with Crippen molar-refractivity contribution in [2.75, 3.05) is 25.5 Å². The smallest absolute Gasteiger partial charge is 0.267 e. The summed E-state index contributed by atoms with van der Waals surface area (Å²) in [5.41, 5.74) is 0.0328. The van der Waals surface area contributed by atoms with E-state index in [2.05, 4.69) is 4.98 Å². The van der Waals surface area contributed by atoms with E-state index >= 15 is 0 Å². The molecule has 0 unspecified atom stereocenters. The number of thioether (sulfide) groups is 1. The first-order chi connectivity index (χ1) is 10.7. The van der Waals surface area contributed by atoms with Crippen LogP contribution >= 0.6 is 11.8 Å². The van der Waals surface area contributed by atoms with Crippen LogP contribution in [0.2, 0.25) is 0 Å². The zero-order valence-electron chi connectivity index (χ0n) is 12.4. The van der Waals surface area contributed by atoms with E-state index in [1.54, 1.807) is 16.3 Å². The molecule has 6 nitrogen and oxygen atoms in total. The summed E-state index contributed by atoms with van der Waals surface area (Å²) < 4.78 is 7.04. The number of ether oxygens (including phenoxy) is 1. The molecule has 1 atom stereocenters. The van der Waals surface area contributed by atoms with Gasteiger partial charge in [0.2, 0.25) is 0 Å². The molecular weight excluding hydrogens is 302 g/mol. The van der Waals surface area contributed by atoms with Gasteiger partial charge in [-0.05, 0) is 19.3 Å². The van der Waals surface area contributed by atoms with E-state index in [0.717, 1.165) is 36.8 Å². The van der Waals surface area contributed by atoms with E-state index < -0.39 is 0 Å². The Balaban J connectivity index is 1.60. The minimum absolute atomic E-state index is 0.154. The number of rotatable bonds is 4. The summed E-state index contributed by atoms with van der Waals surface area (Å²) in [5, 5.41) is 0.726. The van der Waals surface area contributed by atoms with Gasteiger partial charge in [-0.3, -0.25) is 14.2 Å². The van der Waals surface area contributed by atoms with E-state index in [4.69, 9.17) is 4.74 Å². The van der Waals surface area contributed by atoms with Crippen molar-refractivity contribution in [1.29, 1.82) is 0 Å². The molecule has 3 heterocycles.